The summed E-state index contributed by atoms with van der Waals surface area (Å²) in [4.78, 5) is 10.8. The van der Waals surface area contributed by atoms with Gasteiger partial charge in [0.05, 0.1) is 11.6 Å². The molecule has 1 aliphatic heterocycles. The van der Waals surface area contributed by atoms with E-state index in [9.17, 15) is 4.79 Å². The molecule has 5 heteroatoms. The van der Waals surface area contributed by atoms with Crippen molar-refractivity contribution in [3.05, 3.63) is 35.4 Å². The Kier molecular flexibility index (Phi) is 5.14. The summed E-state index contributed by atoms with van der Waals surface area (Å²) >= 11 is 0. The fourth-order valence-electron chi connectivity index (χ4n) is 2.27. The molecule has 4 nitrogen and oxygen atoms in total. The predicted molar refractivity (Wildman–Crippen MR) is 69.6 cm³/mol. The number of carboxylic acids is 1. The second-order valence-corrected chi connectivity index (χ2v) is 4.37. The maximum Gasteiger partial charge on any atom is 0.320 e. The summed E-state index contributed by atoms with van der Waals surface area (Å²) in [6.45, 7) is 0.705. The lowest BCUT2D eigenvalue weighted by Crippen LogP contribution is -2.29. The van der Waals surface area contributed by atoms with Crippen LogP contribution in [-0.2, 0) is 11.2 Å². The van der Waals surface area contributed by atoms with Crippen molar-refractivity contribution < 1.29 is 9.90 Å². The van der Waals surface area contributed by atoms with Crippen molar-refractivity contribution in [2.45, 2.75) is 18.9 Å². The van der Waals surface area contributed by atoms with Gasteiger partial charge < -0.3 is 10.4 Å². The van der Waals surface area contributed by atoms with Crippen LogP contribution in [0.25, 0.3) is 0 Å². The Balaban J connectivity index is 0.00000162. The minimum absolute atomic E-state index is 0. The number of carboxylic acid groups (broad SMARTS) is 1. The molecule has 1 aromatic carbocycles. The average Bonchev–Trinajstić information content (AvgIpc) is 2.78. The molecule has 0 aromatic heterocycles. The first-order valence-corrected chi connectivity index (χ1v) is 5.65. The Hall–Kier alpha value is -1.57. The molecule has 1 saturated heterocycles. The predicted octanol–water partition coefficient (Wildman–Crippen LogP) is 1.59. The molecule has 2 N–H and O–H groups in total. The van der Waals surface area contributed by atoms with Gasteiger partial charge in [0.1, 0.15) is 6.04 Å². The molecule has 0 saturated carbocycles. The molecule has 0 bridgehead atoms. The number of aliphatic carboxylic acids is 1. The standard InChI is InChI=1S/C13H14N2O2.ClH/c14-7-11-4-2-1-3-10(11)5-9-6-12(13(16)17)15-8-9;/h1-4,9,12,15H,5-6,8H2,(H,16,17);1H. The minimum Gasteiger partial charge on any atom is -0.480 e. The average molecular weight is 267 g/mol. The minimum atomic E-state index is -0.791. The first-order valence-electron chi connectivity index (χ1n) is 5.65. The van der Waals surface area contributed by atoms with E-state index in [0.29, 0.717) is 24.4 Å². The van der Waals surface area contributed by atoms with Crippen LogP contribution in [0.2, 0.25) is 0 Å². The molecule has 0 amide bonds. The van der Waals surface area contributed by atoms with Gasteiger partial charge in [-0.1, -0.05) is 18.2 Å². The lowest BCUT2D eigenvalue weighted by molar-refractivity contribution is -0.139. The van der Waals surface area contributed by atoms with Crippen LogP contribution in [0.5, 0.6) is 0 Å². The Morgan fingerprint density at radius 2 is 2.22 bits per heavy atom. The monoisotopic (exact) mass is 266 g/mol. The maximum absolute atomic E-state index is 10.8. The Labute approximate surface area is 112 Å². The molecule has 1 heterocycles. The molecule has 18 heavy (non-hydrogen) atoms. The molecule has 1 fully saturated rings. The quantitative estimate of drug-likeness (QED) is 0.871. The zero-order valence-corrected chi connectivity index (χ0v) is 10.6. The summed E-state index contributed by atoms with van der Waals surface area (Å²) in [5, 5.41) is 20.8. The first kappa shape index (κ1) is 14.5. The third kappa shape index (κ3) is 3.22. The number of nitriles is 1. The van der Waals surface area contributed by atoms with Gasteiger partial charge in [0.25, 0.3) is 0 Å². The zero-order chi connectivity index (χ0) is 12.3. The van der Waals surface area contributed by atoms with Gasteiger partial charge in [0.2, 0.25) is 0 Å². The van der Waals surface area contributed by atoms with Crippen molar-refractivity contribution in [2.75, 3.05) is 6.54 Å². The molecular formula is C13H15ClN2O2. The Morgan fingerprint density at radius 3 is 2.83 bits per heavy atom. The van der Waals surface area contributed by atoms with Crippen molar-refractivity contribution in [3.8, 4) is 6.07 Å². The number of halogens is 1. The zero-order valence-electron chi connectivity index (χ0n) is 9.80. The van der Waals surface area contributed by atoms with Gasteiger partial charge in [-0.25, -0.2) is 0 Å². The van der Waals surface area contributed by atoms with E-state index in [-0.39, 0.29) is 12.4 Å². The van der Waals surface area contributed by atoms with E-state index >= 15 is 0 Å². The van der Waals surface area contributed by atoms with Crippen molar-refractivity contribution in [3.63, 3.8) is 0 Å². The van der Waals surface area contributed by atoms with Crippen molar-refractivity contribution in [1.82, 2.24) is 5.32 Å². The molecule has 2 rings (SSSR count). The van der Waals surface area contributed by atoms with Gasteiger partial charge >= 0.3 is 5.97 Å². The molecular weight excluding hydrogens is 252 g/mol. The number of hydrogen-bond donors (Lipinski definition) is 2. The number of rotatable bonds is 3. The summed E-state index contributed by atoms with van der Waals surface area (Å²) in [7, 11) is 0. The lowest BCUT2D eigenvalue weighted by Gasteiger charge is -2.09. The normalized spacial score (nSPS) is 21.9. The molecule has 0 radical (unpaired) electrons. The van der Waals surface area contributed by atoms with Crippen LogP contribution < -0.4 is 5.32 Å². The maximum atomic E-state index is 10.8. The van der Waals surface area contributed by atoms with Crippen LogP contribution in [-0.4, -0.2) is 23.7 Å². The van der Waals surface area contributed by atoms with Gasteiger partial charge in [0.15, 0.2) is 0 Å². The summed E-state index contributed by atoms with van der Waals surface area (Å²) < 4.78 is 0. The van der Waals surface area contributed by atoms with Crippen LogP contribution in [0.15, 0.2) is 24.3 Å². The van der Waals surface area contributed by atoms with Crippen LogP contribution in [0.1, 0.15) is 17.5 Å². The van der Waals surface area contributed by atoms with Gasteiger partial charge in [-0.05, 0) is 36.9 Å². The molecule has 1 aliphatic rings. The van der Waals surface area contributed by atoms with Crippen LogP contribution in [0, 0.1) is 17.2 Å². The van der Waals surface area contributed by atoms with Gasteiger partial charge in [-0.15, -0.1) is 12.4 Å². The third-order valence-corrected chi connectivity index (χ3v) is 3.17. The largest absolute Gasteiger partial charge is 0.480 e. The van der Waals surface area contributed by atoms with Crippen LogP contribution in [0.3, 0.4) is 0 Å². The van der Waals surface area contributed by atoms with E-state index in [1.165, 1.54) is 0 Å². The lowest BCUT2D eigenvalue weighted by atomic mass is 9.94. The first-order chi connectivity index (χ1) is 8.20. The number of nitrogens with zero attached hydrogens (tertiary/aromatic N) is 1. The third-order valence-electron chi connectivity index (χ3n) is 3.17. The number of benzene rings is 1. The van der Waals surface area contributed by atoms with Crippen molar-refractivity contribution in [2.24, 2.45) is 5.92 Å². The highest BCUT2D eigenvalue weighted by molar-refractivity contribution is 5.85. The second kappa shape index (κ2) is 6.39. The van der Waals surface area contributed by atoms with E-state index in [1.807, 2.05) is 18.2 Å². The van der Waals surface area contributed by atoms with Crippen molar-refractivity contribution in [1.29, 1.82) is 5.26 Å². The van der Waals surface area contributed by atoms with Gasteiger partial charge in [-0.2, -0.15) is 5.26 Å². The van der Waals surface area contributed by atoms with E-state index in [0.717, 1.165) is 12.0 Å². The van der Waals surface area contributed by atoms with E-state index in [1.54, 1.807) is 6.07 Å². The number of carbonyl (C=O) groups is 1. The van der Waals surface area contributed by atoms with Crippen LogP contribution in [0.4, 0.5) is 0 Å². The number of nitrogens with one attached hydrogen (secondary N) is 1. The Morgan fingerprint density at radius 1 is 1.50 bits per heavy atom. The van der Waals surface area contributed by atoms with Crippen molar-refractivity contribution >= 4 is 18.4 Å². The summed E-state index contributed by atoms with van der Waals surface area (Å²) in [5.41, 5.74) is 1.69. The molecule has 2 unspecified atom stereocenters. The van der Waals surface area contributed by atoms with E-state index in [4.69, 9.17) is 10.4 Å². The molecule has 2 atom stereocenters. The summed E-state index contributed by atoms with van der Waals surface area (Å²) in [6.07, 6.45) is 1.40. The van der Waals surface area contributed by atoms with Crippen LogP contribution >= 0.6 is 12.4 Å². The molecule has 96 valence electrons. The molecule has 1 aromatic rings. The highest BCUT2D eigenvalue weighted by Crippen LogP contribution is 2.21. The molecule has 0 aliphatic carbocycles. The highest BCUT2D eigenvalue weighted by atomic mass is 35.5. The van der Waals surface area contributed by atoms with Gasteiger partial charge in [0, 0.05) is 0 Å². The topological polar surface area (TPSA) is 73.1 Å². The van der Waals surface area contributed by atoms with E-state index in [2.05, 4.69) is 11.4 Å². The van der Waals surface area contributed by atoms with Gasteiger partial charge in [-0.3, -0.25) is 4.79 Å². The number of hydrogen-bond acceptors (Lipinski definition) is 3. The fourth-order valence-corrected chi connectivity index (χ4v) is 2.27. The smallest absolute Gasteiger partial charge is 0.320 e. The SMILES string of the molecule is Cl.N#Cc1ccccc1CC1CNC(C(=O)O)C1. The summed E-state index contributed by atoms with van der Waals surface area (Å²) in [5.74, 6) is -0.494. The molecule has 0 spiro atoms. The van der Waals surface area contributed by atoms with E-state index < -0.39 is 12.0 Å². The second-order valence-electron chi connectivity index (χ2n) is 4.37. The Bertz CT molecular complexity index is 470. The highest BCUT2D eigenvalue weighted by Gasteiger charge is 2.29. The summed E-state index contributed by atoms with van der Waals surface area (Å²) in [6, 6.07) is 9.22. The fraction of sp³-hybridized carbons (Fsp3) is 0.385.